The summed E-state index contributed by atoms with van der Waals surface area (Å²) < 4.78 is 0. The number of hydrogen-bond donors (Lipinski definition) is 2. The minimum atomic E-state index is -0.0764. The summed E-state index contributed by atoms with van der Waals surface area (Å²) in [5.74, 6) is 0.506. The van der Waals surface area contributed by atoms with Crippen molar-refractivity contribution < 1.29 is 10.2 Å². The molecule has 0 heterocycles. The van der Waals surface area contributed by atoms with Crippen molar-refractivity contribution in [1.82, 2.24) is 0 Å². The summed E-state index contributed by atoms with van der Waals surface area (Å²) in [5.41, 5.74) is 1.41. The molecule has 2 rings (SSSR count). The van der Waals surface area contributed by atoms with Gasteiger partial charge in [-0.2, -0.15) is 0 Å². The van der Waals surface area contributed by atoms with Crippen LogP contribution in [0.25, 0.3) is 0 Å². The molecule has 2 N–H and O–H groups in total. The highest BCUT2D eigenvalue weighted by atomic mass is 16.3. The molecule has 0 aliphatic heterocycles. The molecule has 2 aromatic carbocycles. The van der Waals surface area contributed by atoms with Crippen molar-refractivity contribution in [3.8, 4) is 11.5 Å². The smallest absolute Gasteiger partial charge is 0.157 e. The summed E-state index contributed by atoms with van der Waals surface area (Å²) in [7, 11) is 0. The maximum Gasteiger partial charge on any atom is 0.157 e. The van der Waals surface area contributed by atoms with Crippen LogP contribution in [-0.2, 0) is 0 Å². The zero-order valence-electron chi connectivity index (χ0n) is 10.2. The Kier molecular flexibility index (Phi) is 5.08. The number of para-hydroxylation sites is 2. The predicted octanol–water partition coefficient (Wildman–Crippen LogP) is 3.91. The molecular formula is C15H18O2. The first-order valence-electron chi connectivity index (χ1n) is 5.63. The first-order valence-corrected chi connectivity index (χ1v) is 5.63. The average molecular weight is 230 g/mol. The lowest BCUT2D eigenvalue weighted by atomic mass is 10.0. The summed E-state index contributed by atoms with van der Waals surface area (Å²) >= 11 is 0. The van der Waals surface area contributed by atoms with E-state index in [-0.39, 0.29) is 11.5 Å². The highest BCUT2D eigenvalue weighted by Gasteiger charge is 1.93. The maximum atomic E-state index is 8.67. The molecule has 17 heavy (non-hydrogen) atoms. The SMILES string of the molecule is CC(C)c1ccccc1.Oc1ccccc1O. The summed E-state index contributed by atoms with van der Waals surface area (Å²) in [6.07, 6.45) is 0. The van der Waals surface area contributed by atoms with Gasteiger partial charge in [0.1, 0.15) is 0 Å². The van der Waals surface area contributed by atoms with Crippen LogP contribution >= 0.6 is 0 Å². The molecular weight excluding hydrogens is 212 g/mol. The Hall–Kier alpha value is -1.96. The van der Waals surface area contributed by atoms with E-state index in [0.717, 1.165) is 0 Å². The van der Waals surface area contributed by atoms with Gasteiger partial charge in [0.25, 0.3) is 0 Å². The summed E-state index contributed by atoms with van der Waals surface area (Å²) in [5, 5.41) is 17.3. The lowest BCUT2D eigenvalue weighted by Crippen LogP contribution is -1.83. The van der Waals surface area contributed by atoms with Crippen LogP contribution in [0, 0.1) is 0 Å². The molecule has 2 nitrogen and oxygen atoms in total. The second-order valence-electron chi connectivity index (χ2n) is 4.05. The number of phenolic OH excluding ortho intramolecular Hbond substituents is 2. The fourth-order valence-electron chi connectivity index (χ4n) is 1.30. The van der Waals surface area contributed by atoms with Crippen LogP contribution in [0.2, 0.25) is 0 Å². The van der Waals surface area contributed by atoms with Gasteiger partial charge in [0.05, 0.1) is 0 Å². The van der Waals surface area contributed by atoms with E-state index in [1.54, 1.807) is 12.1 Å². The van der Waals surface area contributed by atoms with Crippen molar-refractivity contribution in [2.75, 3.05) is 0 Å². The van der Waals surface area contributed by atoms with Gasteiger partial charge < -0.3 is 10.2 Å². The van der Waals surface area contributed by atoms with E-state index in [4.69, 9.17) is 10.2 Å². The Labute approximate surface area is 102 Å². The summed E-state index contributed by atoms with van der Waals surface area (Å²) in [6, 6.07) is 16.7. The minimum Gasteiger partial charge on any atom is -0.504 e. The molecule has 0 amide bonds. The summed E-state index contributed by atoms with van der Waals surface area (Å²) in [6.45, 7) is 4.41. The number of phenols is 2. The van der Waals surface area contributed by atoms with Crippen LogP contribution in [-0.4, -0.2) is 10.2 Å². The molecule has 0 spiro atoms. The minimum absolute atomic E-state index is 0.0764. The third-order valence-electron chi connectivity index (χ3n) is 2.35. The first-order chi connectivity index (χ1) is 8.11. The van der Waals surface area contributed by atoms with Crippen molar-refractivity contribution in [2.45, 2.75) is 19.8 Å². The monoisotopic (exact) mass is 230 g/mol. The lowest BCUT2D eigenvalue weighted by Gasteiger charge is -2.01. The van der Waals surface area contributed by atoms with Gasteiger partial charge in [0.2, 0.25) is 0 Å². The molecule has 0 fully saturated rings. The van der Waals surface area contributed by atoms with Gasteiger partial charge in [-0.25, -0.2) is 0 Å². The lowest BCUT2D eigenvalue weighted by molar-refractivity contribution is 0.404. The Morgan fingerprint density at radius 3 is 1.41 bits per heavy atom. The van der Waals surface area contributed by atoms with Gasteiger partial charge in [-0.1, -0.05) is 56.3 Å². The van der Waals surface area contributed by atoms with Crippen molar-refractivity contribution in [3.63, 3.8) is 0 Å². The predicted molar refractivity (Wildman–Crippen MR) is 70.3 cm³/mol. The third kappa shape index (κ3) is 4.60. The van der Waals surface area contributed by atoms with E-state index in [1.807, 2.05) is 6.07 Å². The van der Waals surface area contributed by atoms with Crippen LogP contribution in [0.5, 0.6) is 11.5 Å². The Bertz CT molecular complexity index is 415. The second kappa shape index (κ2) is 6.59. The molecule has 0 aliphatic carbocycles. The van der Waals surface area contributed by atoms with E-state index < -0.39 is 0 Å². The van der Waals surface area contributed by atoms with Gasteiger partial charge in [-0.3, -0.25) is 0 Å². The van der Waals surface area contributed by atoms with Gasteiger partial charge in [-0.05, 0) is 23.6 Å². The highest BCUT2D eigenvalue weighted by molar-refractivity contribution is 5.36. The normalized spacial score (nSPS) is 9.59. The molecule has 0 bridgehead atoms. The molecule has 2 heteroatoms. The van der Waals surface area contributed by atoms with Crippen molar-refractivity contribution in [3.05, 3.63) is 60.2 Å². The largest absolute Gasteiger partial charge is 0.504 e. The van der Waals surface area contributed by atoms with Gasteiger partial charge >= 0.3 is 0 Å². The van der Waals surface area contributed by atoms with E-state index in [1.165, 1.54) is 17.7 Å². The van der Waals surface area contributed by atoms with E-state index in [9.17, 15) is 0 Å². The molecule has 0 saturated carbocycles. The van der Waals surface area contributed by atoms with E-state index in [2.05, 4.69) is 38.1 Å². The van der Waals surface area contributed by atoms with Gasteiger partial charge in [0, 0.05) is 0 Å². The number of rotatable bonds is 1. The Morgan fingerprint density at radius 2 is 1.12 bits per heavy atom. The standard InChI is InChI=1S/C9H12.C6H6O2/c1-8(2)9-6-4-3-5-7-9;7-5-3-1-2-4-6(5)8/h3-8H,1-2H3;1-4,7-8H. The van der Waals surface area contributed by atoms with E-state index in [0.29, 0.717) is 5.92 Å². The second-order valence-corrected chi connectivity index (χ2v) is 4.05. The maximum absolute atomic E-state index is 8.67. The van der Waals surface area contributed by atoms with Crippen LogP contribution in [0.4, 0.5) is 0 Å². The molecule has 0 atom stereocenters. The fraction of sp³-hybridized carbons (Fsp3) is 0.200. The molecule has 0 aliphatic rings. The van der Waals surface area contributed by atoms with Gasteiger partial charge in [0.15, 0.2) is 11.5 Å². The molecule has 0 aromatic heterocycles. The fourth-order valence-corrected chi connectivity index (χ4v) is 1.30. The Balaban J connectivity index is 0.000000171. The molecule has 2 aromatic rings. The highest BCUT2D eigenvalue weighted by Crippen LogP contribution is 2.21. The molecule has 0 unspecified atom stereocenters. The summed E-state index contributed by atoms with van der Waals surface area (Å²) in [4.78, 5) is 0. The van der Waals surface area contributed by atoms with Crippen LogP contribution in [0.15, 0.2) is 54.6 Å². The molecule has 0 saturated heterocycles. The number of aromatic hydroxyl groups is 2. The van der Waals surface area contributed by atoms with Crippen molar-refractivity contribution in [2.24, 2.45) is 0 Å². The van der Waals surface area contributed by atoms with Crippen LogP contribution in [0.3, 0.4) is 0 Å². The zero-order valence-corrected chi connectivity index (χ0v) is 10.2. The molecule has 90 valence electrons. The Morgan fingerprint density at radius 1 is 0.706 bits per heavy atom. The third-order valence-corrected chi connectivity index (χ3v) is 2.35. The number of benzene rings is 2. The average Bonchev–Trinajstić information content (AvgIpc) is 2.35. The topological polar surface area (TPSA) is 40.5 Å². The van der Waals surface area contributed by atoms with Crippen LogP contribution in [0.1, 0.15) is 25.3 Å². The quantitative estimate of drug-likeness (QED) is 0.729. The zero-order chi connectivity index (χ0) is 12.7. The molecule has 0 radical (unpaired) electrons. The van der Waals surface area contributed by atoms with Crippen molar-refractivity contribution >= 4 is 0 Å². The van der Waals surface area contributed by atoms with Crippen molar-refractivity contribution in [1.29, 1.82) is 0 Å². The first kappa shape index (κ1) is 13.1. The van der Waals surface area contributed by atoms with Crippen LogP contribution < -0.4 is 0 Å². The van der Waals surface area contributed by atoms with Gasteiger partial charge in [-0.15, -0.1) is 0 Å². The number of hydrogen-bond acceptors (Lipinski definition) is 2. The van der Waals surface area contributed by atoms with E-state index >= 15 is 0 Å².